The van der Waals surface area contributed by atoms with Crippen molar-refractivity contribution in [1.82, 2.24) is 20.2 Å². The largest absolute Gasteiger partial charge is 0.330 e. The summed E-state index contributed by atoms with van der Waals surface area (Å²) < 4.78 is 0. The Morgan fingerprint density at radius 2 is 2.00 bits per heavy atom. The maximum Gasteiger partial charge on any atom is 0.179 e. The third-order valence-electron chi connectivity index (χ3n) is 2.33. The fourth-order valence-corrected chi connectivity index (χ4v) is 1.59. The van der Waals surface area contributed by atoms with Gasteiger partial charge in [-0.1, -0.05) is 23.7 Å². The summed E-state index contributed by atoms with van der Waals surface area (Å²) in [6.45, 7) is 1.35. The first kappa shape index (κ1) is 12.0. The Kier molecular flexibility index (Phi) is 4.06. The predicted molar refractivity (Wildman–Crippen MR) is 65.7 cm³/mol. The van der Waals surface area contributed by atoms with Crippen LogP contribution in [0.1, 0.15) is 17.8 Å². The minimum absolute atomic E-state index is 0.633. The molecule has 0 spiro atoms. The van der Waals surface area contributed by atoms with E-state index in [4.69, 9.17) is 17.3 Å². The minimum atomic E-state index is 0.633. The predicted octanol–water partition coefficient (Wildman–Crippen LogP) is 1.27. The number of tetrazole rings is 1. The summed E-state index contributed by atoms with van der Waals surface area (Å²) in [5.41, 5.74) is 6.54. The van der Waals surface area contributed by atoms with E-state index in [1.165, 1.54) is 0 Å². The number of halogens is 1. The molecule has 0 saturated carbocycles. The van der Waals surface area contributed by atoms with Crippen LogP contribution in [-0.2, 0) is 13.0 Å². The van der Waals surface area contributed by atoms with E-state index in [0.717, 1.165) is 17.0 Å². The van der Waals surface area contributed by atoms with Gasteiger partial charge in [0.2, 0.25) is 0 Å². The van der Waals surface area contributed by atoms with Crippen LogP contribution >= 0.6 is 11.6 Å². The minimum Gasteiger partial charge on any atom is -0.330 e. The molecule has 0 radical (unpaired) electrons. The molecule has 17 heavy (non-hydrogen) atoms. The van der Waals surface area contributed by atoms with Crippen LogP contribution in [0.5, 0.6) is 0 Å². The molecular weight excluding hydrogens is 238 g/mol. The molecule has 5 nitrogen and oxygen atoms in total. The van der Waals surface area contributed by atoms with Crippen LogP contribution in [0, 0.1) is 0 Å². The van der Waals surface area contributed by atoms with Crippen LogP contribution in [0.15, 0.2) is 24.3 Å². The molecule has 0 aliphatic rings. The summed E-state index contributed by atoms with van der Waals surface area (Å²) in [5, 5.41) is 13.0. The molecule has 0 unspecified atom stereocenters. The van der Waals surface area contributed by atoms with E-state index >= 15 is 0 Å². The summed E-state index contributed by atoms with van der Waals surface area (Å²) in [5.74, 6) is 0.712. The molecule has 2 N–H and O–H groups in total. The highest BCUT2D eigenvalue weighted by molar-refractivity contribution is 6.30. The van der Waals surface area contributed by atoms with Crippen molar-refractivity contribution in [1.29, 1.82) is 0 Å². The zero-order valence-electron chi connectivity index (χ0n) is 9.38. The summed E-state index contributed by atoms with van der Waals surface area (Å²) >= 11 is 5.82. The van der Waals surface area contributed by atoms with Crippen LogP contribution in [0.4, 0.5) is 0 Å². The normalized spacial score (nSPS) is 10.7. The smallest absolute Gasteiger partial charge is 0.179 e. The van der Waals surface area contributed by atoms with Crippen LogP contribution in [0.2, 0.25) is 5.02 Å². The zero-order valence-corrected chi connectivity index (χ0v) is 10.1. The Bertz CT molecular complexity index is 465. The lowest BCUT2D eigenvalue weighted by Gasteiger charge is -1.97. The molecule has 0 aliphatic carbocycles. The van der Waals surface area contributed by atoms with Gasteiger partial charge in [0.15, 0.2) is 5.82 Å². The van der Waals surface area contributed by atoms with Gasteiger partial charge in [0.25, 0.3) is 0 Å². The average molecular weight is 252 g/mol. The molecule has 6 heteroatoms. The number of hydrogen-bond donors (Lipinski definition) is 1. The van der Waals surface area contributed by atoms with E-state index < -0.39 is 0 Å². The van der Waals surface area contributed by atoms with E-state index in [1.807, 2.05) is 24.3 Å². The summed E-state index contributed by atoms with van der Waals surface area (Å²) in [7, 11) is 0. The van der Waals surface area contributed by atoms with Gasteiger partial charge in [0.1, 0.15) is 0 Å². The van der Waals surface area contributed by atoms with Crippen molar-refractivity contribution in [2.45, 2.75) is 19.4 Å². The molecule has 0 atom stereocenters. The molecule has 2 rings (SSSR count). The molecule has 1 aromatic heterocycles. The number of nitrogens with zero attached hydrogens (tertiary/aromatic N) is 4. The van der Waals surface area contributed by atoms with Gasteiger partial charge in [-0.05, 0) is 35.9 Å². The Balaban J connectivity index is 1.98. The van der Waals surface area contributed by atoms with Crippen molar-refractivity contribution in [2.24, 2.45) is 5.73 Å². The van der Waals surface area contributed by atoms with Crippen molar-refractivity contribution in [3.8, 4) is 0 Å². The Morgan fingerprint density at radius 3 is 2.71 bits per heavy atom. The van der Waals surface area contributed by atoms with Gasteiger partial charge in [-0.3, -0.25) is 0 Å². The van der Waals surface area contributed by atoms with Gasteiger partial charge in [0, 0.05) is 11.4 Å². The van der Waals surface area contributed by atoms with Gasteiger partial charge >= 0.3 is 0 Å². The summed E-state index contributed by atoms with van der Waals surface area (Å²) in [6.07, 6.45) is 1.52. The van der Waals surface area contributed by atoms with E-state index in [0.29, 0.717) is 25.3 Å². The number of aromatic nitrogens is 4. The van der Waals surface area contributed by atoms with Crippen molar-refractivity contribution < 1.29 is 0 Å². The highest BCUT2D eigenvalue weighted by atomic mass is 35.5. The lowest BCUT2D eigenvalue weighted by molar-refractivity contribution is 0.503. The van der Waals surface area contributed by atoms with Crippen molar-refractivity contribution in [2.75, 3.05) is 6.54 Å². The molecular formula is C11H14ClN5. The highest BCUT2D eigenvalue weighted by Gasteiger charge is 2.03. The lowest BCUT2D eigenvalue weighted by atomic mass is 10.1. The molecule has 0 amide bonds. The first-order valence-electron chi connectivity index (χ1n) is 5.49. The SMILES string of the molecule is NCCCn1nnc(Cc2ccc(Cl)cc2)n1. The average Bonchev–Trinajstić information content (AvgIpc) is 2.77. The number of rotatable bonds is 5. The second kappa shape index (κ2) is 5.75. The van der Waals surface area contributed by atoms with Crippen LogP contribution in [0.3, 0.4) is 0 Å². The van der Waals surface area contributed by atoms with Crippen LogP contribution in [-0.4, -0.2) is 26.8 Å². The molecule has 90 valence electrons. The quantitative estimate of drug-likeness (QED) is 0.869. The fraction of sp³-hybridized carbons (Fsp3) is 0.364. The first-order chi connectivity index (χ1) is 8.28. The van der Waals surface area contributed by atoms with Gasteiger partial charge in [-0.25, -0.2) is 0 Å². The van der Waals surface area contributed by atoms with Gasteiger partial charge < -0.3 is 5.73 Å². The number of aryl methyl sites for hydroxylation is 1. The van der Waals surface area contributed by atoms with E-state index in [2.05, 4.69) is 15.4 Å². The molecule has 2 aromatic rings. The topological polar surface area (TPSA) is 69.6 Å². The monoisotopic (exact) mass is 251 g/mol. The molecule has 1 heterocycles. The molecule has 1 aromatic carbocycles. The van der Waals surface area contributed by atoms with E-state index in [-0.39, 0.29) is 0 Å². The third-order valence-corrected chi connectivity index (χ3v) is 2.58. The van der Waals surface area contributed by atoms with Gasteiger partial charge in [-0.15, -0.1) is 10.2 Å². The lowest BCUT2D eigenvalue weighted by Crippen LogP contribution is -2.08. The zero-order chi connectivity index (χ0) is 12.1. The first-order valence-corrected chi connectivity index (χ1v) is 5.87. The maximum atomic E-state index is 5.82. The summed E-state index contributed by atoms with van der Waals surface area (Å²) in [6, 6.07) is 7.64. The fourth-order valence-electron chi connectivity index (χ4n) is 1.46. The van der Waals surface area contributed by atoms with Crippen LogP contribution < -0.4 is 5.73 Å². The van der Waals surface area contributed by atoms with Crippen molar-refractivity contribution >= 4 is 11.6 Å². The molecule has 0 aliphatic heterocycles. The van der Waals surface area contributed by atoms with Crippen molar-refractivity contribution in [3.05, 3.63) is 40.7 Å². The van der Waals surface area contributed by atoms with Crippen LogP contribution in [0.25, 0.3) is 0 Å². The Hall–Kier alpha value is -1.46. The number of benzene rings is 1. The number of nitrogens with two attached hydrogens (primary N) is 1. The second-order valence-electron chi connectivity index (χ2n) is 3.75. The summed E-state index contributed by atoms with van der Waals surface area (Å²) in [4.78, 5) is 1.58. The number of hydrogen-bond acceptors (Lipinski definition) is 4. The van der Waals surface area contributed by atoms with Gasteiger partial charge in [0.05, 0.1) is 6.54 Å². The maximum absolute atomic E-state index is 5.82. The molecule has 0 fully saturated rings. The Morgan fingerprint density at radius 1 is 1.24 bits per heavy atom. The highest BCUT2D eigenvalue weighted by Crippen LogP contribution is 2.11. The molecule has 0 saturated heterocycles. The second-order valence-corrected chi connectivity index (χ2v) is 4.18. The standard InChI is InChI=1S/C11H14ClN5/c12-10-4-2-9(3-5-10)8-11-14-16-17(15-11)7-1-6-13/h2-5H,1,6-8,13H2. The van der Waals surface area contributed by atoms with Crippen molar-refractivity contribution in [3.63, 3.8) is 0 Å². The van der Waals surface area contributed by atoms with E-state index in [9.17, 15) is 0 Å². The van der Waals surface area contributed by atoms with Gasteiger partial charge in [-0.2, -0.15) is 4.80 Å². The Labute approximate surface area is 105 Å². The molecule has 0 bridgehead atoms. The van der Waals surface area contributed by atoms with E-state index in [1.54, 1.807) is 4.80 Å². The third kappa shape index (κ3) is 3.51.